The number of imide groups is 1. The first-order valence-corrected chi connectivity index (χ1v) is 33.8. The second kappa shape index (κ2) is 27.8. The lowest BCUT2D eigenvalue weighted by Gasteiger charge is -2.44. The molecule has 0 radical (unpaired) electrons. The summed E-state index contributed by atoms with van der Waals surface area (Å²) in [6.45, 7) is 12.9. The minimum Gasteiger partial charge on any atom is -0.380 e. The molecule has 466 valence electrons. The summed E-state index contributed by atoms with van der Waals surface area (Å²) in [5.41, 5.74) is -0.265. The van der Waals surface area contributed by atoms with Crippen molar-refractivity contribution < 1.29 is 53.5 Å². The van der Waals surface area contributed by atoms with E-state index in [2.05, 4.69) is 54.2 Å². The maximum atomic E-state index is 15.0. The number of piperazine rings is 2. The Hall–Kier alpha value is -6.05. The van der Waals surface area contributed by atoms with E-state index in [1.807, 2.05) is 53.3 Å². The molecule has 4 aliphatic heterocycles. The van der Waals surface area contributed by atoms with Gasteiger partial charge in [-0.05, 0) is 146 Å². The highest BCUT2D eigenvalue weighted by Gasteiger charge is 2.49. The number of allylic oxidation sites excluding steroid dienone is 1. The molecule has 0 spiro atoms. The van der Waals surface area contributed by atoms with Crippen molar-refractivity contribution in [2.45, 2.75) is 84.0 Å². The van der Waals surface area contributed by atoms with Crippen LogP contribution in [0.1, 0.15) is 79.3 Å². The van der Waals surface area contributed by atoms with Gasteiger partial charge in [-0.1, -0.05) is 54.4 Å². The number of halogens is 5. The van der Waals surface area contributed by atoms with Crippen LogP contribution in [0.15, 0.2) is 136 Å². The molecule has 16 nitrogen and oxygen atoms in total. The van der Waals surface area contributed by atoms with Gasteiger partial charge in [-0.3, -0.25) is 29.5 Å². The number of rotatable bonds is 20. The quantitative estimate of drug-likeness (QED) is 0.0380. The number of carbonyl (C=O) groups excluding carboxylic acids is 3. The molecular weight excluding hydrogens is 1200 g/mol. The first-order valence-electron chi connectivity index (χ1n) is 29.5. The van der Waals surface area contributed by atoms with E-state index >= 15 is 4.39 Å². The summed E-state index contributed by atoms with van der Waals surface area (Å²) in [5, 5.41) is 6.07. The molecule has 0 aromatic heterocycles. The van der Waals surface area contributed by atoms with Gasteiger partial charge in [-0.2, -0.15) is 13.2 Å². The molecule has 1 aliphatic carbocycles. The lowest BCUT2D eigenvalue weighted by molar-refractivity contribution is -0.134. The van der Waals surface area contributed by atoms with Crippen molar-refractivity contribution in [2.75, 3.05) is 119 Å². The Labute approximate surface area is 516 Å². The first-order chi connectivity index (χ1) is 41.6. The van der Waals surface area contributed by atoms with Crippen molar-refractivity contribution in [1.82, 2.24) is 24.7 Å². The number of sulfonamides is 1. The van der Waals surface area contributed by atoms with Crippen LogP contribution < -0.4 is 25.2 Å². The van der Waals surface area contributed by atoms with Gasteiger partial charge in [0.1, 0.15) is 10.7 Å². The molecular formula is C63H73ClF4N8O8S3. The molecule has 5 aromatic rings. The number of carbonyl (C=O) groups is 3. The van der Waals surface area contributed by atoms with E-state index in [0.717, 1.165) is 105 Å². The summed E-state index contributed by atoms with van der Waals surface area (Å²) in [6, 6.07) is 30.4. The highest BCUT2D eigenvalue weighted by atomic mass is 35.5. The van der Waals surface area contributed by atoms with Gasteiger partial charge < -0.3 is 24.8 Å². The summed E-state index contributed by atoms with van der Waals surface area (Å²) >= 11 is 7.80. The molecule has 4 saturated heterocycles. The zero-order valence-corrected chi connectivity index (χ0v) is 51.7. The summed E-state index contributed by atoms with van der Waals surface area (Å²) in [4.78, 5) is 48.3. The van der Waals surface area contributed by atoms with Crippen LogP contribution in [-0.2, 0) is 34.2 Å². The number of benzene rings is 5. The van der Waals surface area contributed by atoms with Gasteiger partial charge >= 0.3 is 5.51 Å². The fourth-order valence-corrected chi connectivity index (χ4v) is 15.6. The van der Waals surface area contributed by atoms with E-state index in [1.54, 1.807) is 12.1 Å². The van der Waals surface area contributed by atoms with Crippen molar-refractivity contribution >= 4 is 83.6 Å². The second-order valence-electron chi connectivity index (χ2n) is 23.5. The molecule has 0 bridgehead atoms. The van der Waals surface area contributed by atoms with Crippen molar-refractivity contribution in [2.24, 2.45) is 5.41 Å². The molecule has 24 heteroatoms. The molecule has 87 heavy (non-hydrogen) atoms. The van der Waals surface area contributed by atoms with Crippen molar-refractivity contribution in [1.29, 1.82) is 0 Å². The fourth-order valence-electron chi connectivity index (χ4n) is 12.4. The van der Waals surface area contributed by atoms with Crippen LogP contribution in [0, 0.1) is 11.2 Å². The van der Waals surface area contributed by atoms with E-state index in [-0.39, 0.29) is 23.3 Å². The summed E-state index contributed by atoms with van der Waals surface area (Å²) in [5.74, 6) is -2.38. The smallest absolute Gasteiger partial charge is 0.380 e. The normalized spacial score (nSPS) is 21.1. The van der Waals surface area contributed by atoms with Gasteiger partial charge in [-0.25, -0.2) is 25.9 Å². The molecule has 5 aromatic carbocycles. The molecule has 3 amide bonds. The number of ether oxygens (including phenoxy) is 1. The minimum atomic E-state index is -6.10. The number of anilines is 3. The zero-order valence-electron chi connectivity index (χ0n) is 48.5. The summed E-state index contributed by atoms with van der Waals surface area (Å²) < 4.78 is 120. The number of hydrogen-bond donors (Lipinski definition) is 3. The second-order valence-corrected chi connectivity index (χ2v) is 28.6. The van der Waals surface area contributed by atoms with Crippen LogP contribution in [-0.4, -0.2) is 165 Å². The van der Waals surface area contributed by atoms with Gasteiger partial charge in [0.15, 0.2) is 0 Å². The standard InChI is InChI=1S/C63H73ClF4N8O8S3/c1-62(43-74-27-31-76(32-28-74)52-37-46(36-49(65)38-52)56-17-19-59(77)70-61(56)79)22-20-55(44-8-12-48(64)13-9-44)47(40-62)41-73-25-29-75(30-26-73)51-14-10-45(11-15-51)60(78)71-87(82,83)54-16-18-57(58(39-54)86(80,81)63(66,67)68)69-50(42-85-53-6-3-2-4-7-53)21-24-72-23-5-34-84-35-33-72/h2-4,6-16,18,36-39,50,56,69H,5,17,19-35,40-43H2,1H3,(H,71,78)(H,70,77,79)/t50-,56?,62-/m1/s1. The highest BCUT2D eigenvalue weighted by molar-refractivity contribution is 7.99. The Morgan fingerprint density at radius 2 is 1.49 bits per heavy atom. The number of alkyl halides is 3. The third-order valence-corrected chi connectivity index (χ3v) is 21.4. The average molecular weight is 1280 g/mol. The predicted octanol–water partition coefficient (Wildman–Crippen LogP) is 9.68. The third kappa shape index (κ3) is 16.2. The van der Waals surface area contributed by atoms with E-state index in [0.29, 0.717) is 87.7 Å². The Bertz CT molecular complexity index is 3530. The topological polar surface area (TPSA) is 181 Å². The molecule has 0 saturated carbocycles. The molecule has 3 N–H and O–H groups in total. The Balaban J connectivity index is 0.762. The molecule has 4 fully saturated rings. The van der Waals surface area contributed by atoms with Gasteiger partial charge in [0.2, 0.25) is 11.8 Å². The molecule has 4 heterocycles. The molecule has 10 rings (SSSR count). The fraction of sp³-hybridized carbons (Fsp3) is 0.444. The van der Waals surface area contributed by atoms with E-state index in [1.165, 1.54) is 47.2 Å². The average Bonchev–Trinajstić information content (AvgIpc) is 1.24. The van der Waals surface area contributed by atoms with Crippen LogP contribution in [0.25, 0.3) is 5.57 Å². The van der Waals surface area contributed by atoms with Crippen LogP contribution in [0.2, 0.25) is 5.02 Å². The van der Waals surface area contributed by atoms with Gasteiger partial charge in [-0.15, -0.1) is 11.8 Å². The van der Waals surface area contributed by atoms with Gasteiger partial charge in [0.05, 0.1) is 23.1 Å². The van der Waals surface area contributed by atoms with Crippen LogP contribution >= 0.6 is 23.4 Å². The maximum Gasteiger partial charge on any atom is 0.501 e. The van der Waals surface area contributed by atoms with Gasteiger partial charge in [0, 0.05) is 137 Å². The summed E-state index contributed by atoms with van der Waals surface area (Å²) in [7, 11) is -11.0. The van der Waals surface area contributed by atoms with Gasteiger partial charge in [0.25, 0.3) is 25.8 Å². The third-order valence-electron chi connectivity index (χ3n) is 17.2. The Morgan fingerprint density at radius 1 is 0.793 bits per heavy atom. The van der Waals surface area contributed by atoms with Crippen molar-refractivity contribution in [3.05, 3.63) is 148 Å². The predicted molar refractivity (Wildman–Crippen MR) is 331 cm³/mol. The lowest BCUT2D eigenvalue weighted by atomic mass is 9.71. The monoisotopic (exact) mass is 1280 g/mol. The highest BCUT2D eigenvalue weighted by Crippen LogP contribution is 2.45. The number of amides is 3. The van der Waals surface area contributed by atoms with E-state index < -0.39 is 70.4 Å². The van der Waals surface area contributed by atoms with Crippen LogP contribution in [0.5, 0.6) is 0 Å². The molecule has 3 atom stereocenters. The number of piperidine rings is 1. The zero-order chi connectivity index (χ0) is 61.5. The number of nitrogens with one attached hydrogen (secondary N) is 3. The van der Waals surface area contributed by atoms with Crippen LogP contribution in [0.4, 0.5) is 34.6 Å². The minimum absolute atomic E-state index is 0.0194. The molecule has 1 unspecified atom stereocenters. The Kier molecular flexibility index (Phi) is 20.4. The largest absolute Gasteiger partial charge is 0.501 e. The number of hydrogen-bond acceptors (Lipinski definition) is 15. The number of thioether (sulfide) groups is 1. The van der Waals surface area contributed by atoms with E-state index in [9.17, 15) is 44.4 Å². The SMILES string of the molecule is C[C@@]1(CN2CCN(c3cc(F)cc(C4CCC(=O)NC4=O)c3)CC2)CCC(c2ccc(Cl)cc2)=C(CN2CCN(c3ccc(C(=O)NS(=O)(=O)c4ccc(N[C@H](CCN5CCCOCC5)CSc5ccccc5)c(S(=O)(=O)C(F)(F)F)c4)cc3)CC2)C1. The molecule has 5 aliphatic rings. The Morgan fingerprint density at radius 3 is 2.20 bits per heavy atom. The first kappa shape index (κ1) is 64.0. The number of sulfone groups is 1. The maximum absolute atomic E-state index is 15.0. The van der Waals surface area contributed by atoms with Crippen molar-refractivity contribution in [3.8, 4) is 0 Å². The van der Waals surface area contributed by atoms with Crippen molar-refractivity contribution in [3.63, 3.8) is 0 Å². The number of nitrogens with zero attached hydrogens (tertiary/aromatic N) is 5. The van der Waals surface area contributed by atoms with Crippen LogP contribution in [0.3, 0.4) is 0 Å². The lowest BCUT2D eigenvalue weighted by Crippen LogP contribution is -2.50. The summed E-state index contributed by atoms with van der Waals surface area (Å²) in [6.07, 6.45) is 4.59. The van der Waals surface area contributed by atoms with E-state index in [4.69, 9.17) is 16.3 Å².